The van der Waals surface area contributed by atoms with E-state index < -0.39 is 0 Å². The van der Waals surface area contributed by atoms with Crippen LogP contribution in [0.1, 0.15) is 19.8 Å². The Bertz CT molecular complexity index is 554. The molecule has 0 spiro atoms. The van der Waals surface area contributed by atoms with Crippen LogP contribution in [0.25, 0.3) is 0 Å². The Hall–Kier alpha value is -2.24. The van der Waals surface area contributed by atoms with Crippen LogP contribution in [0.5, 0.6) is 11.5 Å². The van der Waals surface area contributed by atoms with Crippen LogP contribution in [0.3, 0.4) is 0 Å². The molecule has 20 heavy (non-hydrogen) atoms. The third-order valence-electron chi connectivity index (χ3n) is 3.36. The molecular formula is C14H16N2O4. The summed E-state index contributed by atoms with van der Waals surface area (Å²) in [6.45, 7) is 1.78. The summed E-state index contributed by atoms with van der Waals surface area (Å²) in [7, 11) is 0. The van der Waals surface area contributed by atoms with Gasteiger partial charge in [0.25, 0.3) is 0 Å². The number of hydrogen-bond donors (Lipinski definition) is 1. The van der Waals surface area contributed by atoms with Gasteiger partial charge in [-0.1, -0.05) is 0 Å². The molecule has 1 aliphatic carbocycles. The fourth-order valence-electron chi connectivity index (χ4n) is 2.21. The number of carbonyl (C=O) groups is 2. The number of benzene rings is 1. The summed E-state index contributed by atoms with van der Waals surface area (Å²) in [5.41, 5.74) is 0.638. The number of anilines is 1. The van der Waals surface area contributed by atoms with Gasteiger partial charge in [-0.15, -0.1) is 0 Å². The van der Waals surface area contributed by atoms with Crippen LogP contribution >= 0.6 is 0 Å². The number of amides is 2. The molecule has 2 aliphatic rings. The van der Waals surface area contributed by atoms with Crippen molar-refractivity contribution in [1.82, 2.24) is 4.90 Å². The van der Waals surface area contributed by atoms with E-state index in [1.807, 2.05) is 0 Å². The number of ether oxygens (including phenoxy) is 2. The molecule has 6 heteroatoms. The van der Waals surface area contributed by atoms with Crippen LogP contribution < -0.4 is 14.8 Å². The summed E-state index contributed by atoms with van der Waals surface area (Å²) in [5, 5.41) is 2.77. The first-order valence-electron chi connectivity index (χ1n) is 6.60. The van der Waals surface area contributed by atoms with E-state index in [4.69, 9.17) is 9.47 Å². The second-order valence-electron chi connectivity index (χ2n) is 4.99. The van der Waals surface area contributed by atoms with E-state index >= 15 is 0 Å². The lowest BCUT2D eigenvalue weighted by Gasteiger charge is -2.19. The zero-order valence-electron chi connectivity index (χ0n) is 11.2. The maximum absolute atomic E-state index is 12.0. The largest absolute Gasteiger partial charge is 0.454 e. The average Bonchev–Trinajstić information content (AvgIpc) is 3.13. The third-order valence-corrected chi connectivity index (χ3v) is 3.36. The van der Waals surface area contributed by atoms with E-state index in [0.717, 1.165) is 12.8 Å². The molecule has 1 heterocycles. The standard InChI is InChI=1S/C14H16N2O4/c1-9(17)16(11-3-4-11)7-14(18)15-10-2-5-12-13(6-10)20-8-19-12/h2,5-6,11H,3-4,7-8H2,1H3,(H,15,18). The van der Waals surface area contributed by atoms with Crippen molar-refractivity contribution in [2.75, 3.05) is 18.7 Å². The van der Waals surface area contributed by atoms with Gasteiger partial charge in [0.05, 0.1) is 0 Å². The molecule has 0 saturated heterocycles. The minimum absolute atomic E-state index is 0.0617. The molecule has 0 aromatic heterocycles. The highest BCUT2D eigenvalue weighted by Crippen LogP contribution is 2.34. The highest BCUT2D eigenvalue weighted by Gasteiger charge is 2.32. The first-order valence-corrected chi connectivity index (χ1v) is 6.60. The van der Waals surface area contributed by atoms with Crippen molar-refractivity contribution in [1.29, 1.82) is 0 Å². The van der Waals surface area contributed by atoms with Crippen LogP contribution in [0, 0.1) is 0 Å². The van der Waals surface area contributed by atoms with Gasteiger partial charge in [-0.3, -0.25) is 9.59 Å². The highest BCUT2D eigenvalue weighted by atomic mass is 16.7. The van der Waals surface area contributed by atoms with E-state index in [0.29, 0.717) is 17.2 Å². The normalized spacial score (nSPS) is 15.8. The van der Waals surface area contributed by atoms with Gasteiger partial charge in [0.2, 0.25) is 18.6 Å². The number of rotatable bonds is 4. The quantitative estimate of drug-likeness (QED) is 0.901. The lowest BCUT2D eigenvalue weighted by molar-refractivity contribution is -0.133. The van der Waals surface area contributed by atoms with Gasteiger partial charge >= 0.3 is 0 Å². The molecule has 0 unspecified atom stereocenters. The molecule has 0 bridgehead atoms. The fraction of sp³-hybridized carbons (Fsp3) is 0.429. The van der Waals surface area contributed by atoms with E-state index in [1.54, 1.807) is 23.1 Å². The Labute approximate surface area is 116 Å². The van der Waals surface area contributed by atoms with Crippen molar-refractivity contribution >= 4 is 17.5 Å². The molecule has 0 radical (unpaired) electrons. The van der Waals surface area contributed by atoms with Crippen molar-refractivity contribution in [3.63, 3.8) is 0 Å². The average molecular weight is 276 g/mol. The number of fused-ring (bicyclic) bond motifs is 1. The molecule has 106 valence electrons. The van der Waals surface area contributed by atoms with Gasteiger partial charge < -0.3 is 19.7 Å². The van der Waals surface area contributed by atoms with Gasteiger partial charge in [-0.05, 0) is 25.0 Å². The third kappa shape index (κ3) is 2.68. The summed E-state index contributed by atoms with van der Waals surface area (Å²) in [4.78, 5) is 25.1. The topological polar surface area (TPSA) is 67.9 Å². The predicted octanol–water partition coefficient (Wildman–Crippen LogP) is 1.36. The van der Waals surface area contributed by atoms with Crippen LogP contribution in [-0.2, 0) is 9.59 Å². The van der Waals surface area contributed by atoms with Gasteiger partial charge in [0.15, 0.2) is 11.5 Å². The minimum atomic E-state index is -0.203. The molecule has 2 amide bonds. The van der Waals surface area contributed by atoms with Crippen LogP contribution in [0.15, 0.2) is 18.2 Å². The van der Waals surface area contributed by atoms with Crippen molar-refractivity contribution in [3.8, 4) is 11.5 Å². The molecule has 1 aliphatic heterocycles. The molecule has 0 atom stereocenters. The highest BCUT2D eigenvalue weighted by molar-refractivity contribution is 5.94. The van der Waals surface area contributed by atoms with Crippen molar-refractivity contribution in [2.24, 2.45) is 0 Å². The first-order chi connectivity index (χ1) is 9.63. The molecule has 1 fully saturated rings. The van der Waals surface area contributed by atoms with Crippen LogP contribution in [0.2, 0.25) is 0 Å². The second kappa shape index (κ2) is 5.03. The predicted molar refractivity (Wildman–Crippen MR) is 71.6 cm³/mol. The van der Waals surface area contributed by atoms with Crippen LogP contribution in [-0.4, -0.2) is 36.1 Å². The zero-order valence-corrected chi connectivity index (χ0v) is 11.2. The molecule has 1 N–H and O–H groups in total. The Morgan fingerprint density at radius 2 is 2.05 bits per heavy atom. The smallest absolute Gasteiger partial charge is 0.244 e. The van der Waals surface area contributed by atoms with Gasteiger partial charge in [-0.2, -0.15) is 0 Å². The summed E-state index contributed by atoms with van der Waals surface area (Å²) < 4.78 is 10.5. The fourth-order valence-corrected chi connectivity index (χ4v) is 2.21. The number of hydrogen-bond acceptors (Lipinski definition) is 4. The zero-order chi connectivity index (χ0) is 14.1. The lowest BCUT2D eigenvalue weighted by Crippen LogP contribution is -2.38. The molecule has 1 aromatic rings. The van der Waals surface area contributed by atoms with E-state index in [9.17, 15) is 9.59 Å². The van der Waals surface area contributed by atoms with Crippen LogP contribution in [0.4, 0.5) is 5.69 Å². The molecule has 1 saturated carbocycles. The Balaban J connectivity index is 1.62. The molecule has 6 nitrogen and oxygen atoms in total. The summed E-state index contributed by atoms with van der Waals surface area (Å²) in [6.07, 6.45) is 1.97. The summed E-state index contributed by atoms with van der Waals surface area (Å²) in [6, 6.07) is 5.45. The van der Waals surface area contributed by atoms with Crippen molar-refractivity contribution < 1.29 is 19.1 Å². The number of carbonyl (C=O) groups excluding carboxylic acids is 2. The maximum atomic E-state index is 12.0. The minimum Gasteiger partial charge on any atom is -0.454 e. The van der Waals surface area contributed by atoms with Crippen molar-refractivity contribution in [2.45, 2.75) is 25.8 Å². The monoisotopic (exact) mass is 276 g/mol. The molecule has 1 aromatic carbocycles. The van der Waals surface area contributed by atoms with Crippen molar-refractivity contribution in [3.05, 3.63) is 18.2 Å². The summed E-state index contributed by atoms with van der Waals surface area (Å²) in [5.74, 6) is 1.03. The molecular weight excluding hydrogens is 260 g/mol. The van der Waals surface area contributed by atoms with Gasteiger partial charge in [0.1, 0.15) is 6.54 Å². The van der Waals surface area contributed by atoms with Gasteiger partial charge in [-0.25, -0.2) is 0 Å². The second-order valence-corrected chi connectivity index (χ2v) is 4.99. The Kier molecular flexibility index (Phi) is 3.22. The molecule has 3 rings (SSSR count). The van der Waals surface area contributed by atoms with Gasteiger partial charge in [0, 0.05) is 24.7 Å². The Morgan fingerprint density at radius 1 is 1.30 bits per heavy atom. The summed E-state index contributed by atoms with van der Waals surface area (Å²) >= 11 is 0. The van der Waals surface area contributed by atoms with E-state index in [2.05, 4.69) is 5.32 Å². The van der Waals surface area contributed by atoms with E-state index in [1.165, 1.54) is 6.92 Å². The first kappa shape index (κ1) is 12.8. The number of nitrogens with zero attached hydrogens (tertiary/aromatic N) is 1. The SMILES string of the molecule is CC(=O)N(CC(=O)Nc1ccc2c(c1)OCO2)C1CC1. The maximum Gasteiger partial charge on any atom is 0.244 e. The van der Waals surface area contributed by atoms with E-state index in [-0.39, 0.29) is 31.2 Å². The lowest BCUT2D eigenvalue weighted by atomic mass is 10.2. The number of nitrogens with one attached hydrogen (secondary N) is 1. The Morgan fingerprint density at radius 3 is 2.75 bits per heavy atom.